The number of nitrogens with zero attached hydrogens (tertiary/aromatic N) is 1. The minimum atomic E-state index is -0.266. The molecule has 106 valence electrons. The van der Waals surface area contributed by atoms with Crippen LogP contribution >= 0.6 is 11.3 Å². The van der Waals surface area contributed by atoms with E-state index in [1.807, 2.05) is 24.3 Å². The summed E-state index contributed by atoms with van der Waals surface area (Å²) >= 11 is 1.46. The lowest BCUT2D eigenvalue weighted by atomic mass is 10.1. The standard InChI is InChI=1S/C16H13FN2OS/c17-12-8-5-11(6-9-12)7-10-15(20)19-16-18-13-3-1-2-4-14(13)21-16/h1-6,8-9H,7,10H2,(H,18,19,20). The predicted octanol–water partition coefficient (Wildman–Crippen LogP) is 4.01. The minimum absolute atomic E-state index is 0.0848. The van der Waals surface area contributed by atoms with E-state index in [0.717, 1.165) is 15.8 Å². The largest absolute Gasteiger partial charge is 0.302 e. The second-order valence-corrected chi connectivity index (χ2v) is 5.69. The first-order chi connectivity index (χ1) is 10.2. The highest BCUT2D eigenvalue weighted by Gasteiger charge is 2.07. The SMILES string of the molecule is O=C(CCc1ccc(F)cc1)Nc1nc2ccccc2s1. The lowest BCUT2D eigenvalue weighted by molar-refractivity contribution is -0.116. The quantitative estimate of drug-likeness (QED) is 0.791. The number of hydrogen-bond donors (Lipinski definition) is 1. The van der Waals surface area contributed by atoms with E-state index in [2.05, 4.69) is 10.3 Å². The average molecular weight is 300 g/mol. The van der Waals surface area contributed by atoms with Crippen LogP contribution < -0.4 is 5.32 Å². The highest BCUT2D eigenvalue weighted by Crippen LogP contribution is 2.25. The Balaban J connectivity index is 1.59. The number of hydrogen-bond acceptors (Lipinski definition) is 3. The topological polar surface area (TPSA) is 42.0 Å². The molecule has 1 heterocycles. The van der Waals surface area contributed by atoms with Crippen LogP contribution in [0.5, 0.6) is 0 Å². The summed E-state index contributed by atoms with van der Waals surface area (Å²) in [6.45, 7) is 0. The molecule has 5 heteroatoms. The Kier molecular flexibility index (Phi) is 3.92. The zero-order valence-electron chi connectivity index (χ0n) is 11.2. The number of fused-ring (bicyclic) bond motifs is 1. The Hall–Kier alpha value is -2.27. The molecule has 2 aromatic carbocycles. The van der Waals surface area contributed by atoms with E-state index in [1.165, 1.54) is 23.5 Å². The summed E-state index contributed by atoms with van der Waals surface area (Å²) in [5.41, 5.74) is 1.83. The molecule has 0 aliphatic heterocycles. The van der Waals surface area contributed by atoms with Gasteiger partial charge in [0, 0.05) is 6.42 Å². The second kappa shape index (κ2) is 6.01. The number of carbonyl (C=O) groups excluding carboxylic acids is 1. The van der Waals surface area contributed by atoms with E-state index in [-0.39, 0.29) is 11.7 Å². The number of anilines is 1. The molecule has 3 nitrogen and oxygen atoms in total. The maximum absolute atomic E-state index is 12.8. The molecule has 0 radical (unpaired) electrons. The van der Waals surface area contributed by atoms with Crippen molar-refractivity contribution in [3.8, 4) is 0 Å². The maximum atomic E-state index is 12.8. The van der Waals surface area contributed by atoms with Gasteiger partial charge in [0.2, 0.25) is 5.91 Å². The smallest absolute Gasteiger partial charge is 0.226 e. The monoisotopic (exact) mass is 300 g/mol. The number of nitrogens with one attached hydrogen (secondary N) is 1. The van der Waals surface area contributed by atoms with Crippen molar-refractivity contribution in [1.29, 1.82) is 0 Å². The molecule has 3 aromatic rings. The third-order valence-electron chi connectivity index (χ3n) is 3.09. The Morgan fingerprint density at radius 2 is 1.90 bits per heavy atom. The third kappa shape index (κ3) is 3.44. The average Bonchev–Trinajstić information content (AvgIpc) is 2.88. The summed E-state index contributed by atoms with van der Waals surface area (Å²) in [6.07, 6.45) is 0.929. The van der Waals surface area contributed by atoms with Gasteiger partial charge in [-0.05, 0) is 36.2 Å². The van der Waals surface area contributed by atoms with Crippen molar-refractivity contribution in [2.24, 2.45) is 0 Å². The normalized spacial score (nSPS) is 10.7. The molecular weight excluding hydrogens is 287 g/mol. The summed E-state index contributed by atoms with van der Waals surface area (Å²) in [5.74, 6) is -0.351. The molecule has 0 saturated heterocycles. The summed E-state index contributed by atoms with van der Waals surface area (Å²) in [7, 11) is 0. The van der Waals surface area contributed by atoms with Crippen LogP contribution in [0.25, 0.3) is 10.2 Å². The van der Waals surface area contributed by atoms with Crippen molar-refractivity contribution in [2.45, 2.75) is 12.8 Å². The Bertz CT molecular complexity index is 734. The first-order valence-electron chi connectivity index (χ1n) is 6.60. The Labute approximate surface area is 125 Å². The molecule has 0 fully saturated rings. The lowest BCUT2D eigenvalue weighted by Gasteiger charge is -2.02. The van der Waals surface area contributed by atoms with E-state index in [9.17, 15) is 9.18 Å². The highest BCUT2D eigenvalue weighted by molar-refractivity contribution is 7.22. The minimum Gasteiger partial charge on any atom is -0.302 e. The molecule has 3 rings (SSSR count). The zero-order valence-corrected chi connectivity index (χ0v) is 12.0. The molecular formula is C16H13FN2OS. The third-order valence-corrected chi connectivity index (χ3v) is 4.05. The van der Waals surface area contributed by atoms with Crippen molar-refractivity contribution in [3.05, 3.63) is 59.9 Å². The van der Waals surface area contributed by atoms with E-state index in [0.29, 0.717) is 18.0 Å². The first-order valence-corrected chi connectivity index (χ1v) is 7.42. The number of aryl methyl sites for hydroxylation is 1. The highest BCUT2D eigenvalue weighted by atomic mass is 32.1. The van der Waals surface area contributed by atoms with Crippen LogP contribution in [0.4, 0.5) is 9.52 Å². The van der Waals surface area contributed by atoms with Crippen molar-refractivity contribution >= 4 is 32.6 Å². The van der Waals surface area contributed by atoms with Gasteiger partial charge < -0.3 is 5.32 Å². The van der Waals surface area contributed by atoms with E-state index >= 15 is 0 Å². The number of amides is 1. The molecule has 0 spiro atoms. The van der Waals surface area contributed by atoms with Crippen LogP contribution in [0.1, 0.15) is 12.0 Å². The van der Waals surface area contributed by atoms with Gasteiger partial charge in [-0.15, -0.1) is 0 Å². The molecule has 1 aromatic heterocycles. The molecule has 0 unspecified atom stereocenters. The fourth-order valence-corrected chi connectivity index (χ4v) is 2.90. The number of benzene rings is 2. The van der Waals surface area contributed by atoms with Gasteiger partial charge in [-0.1, -0.05) is 35.6 Å². The van der Waals surface area contributed by atoms with Crippen LogP contribution in [-0.4, -0.2) is 10.9 Å². The summed E-state index contributed by atoms with van der Waals surface area (Å²) in [4.78, 5) is 16.3. The Morgan fingerprint density at radius 1 is 1.14 bits per heavy atom. The van der Waals surface area contributed by atoms with Crippen LogP contribution in [0.15, 0.2) is 48.5 Å². The number of thiazole rings is 1. The molecule has 0 bridgehead atoms. The van der Waals surface area contributed by atoms with Crippen molar-refractivity contribution in [1.82, 2.24) is 4.98 Å². The van der Waals surface area contributed by atoms with Gasteiger partial charge in [-0.25, -0.2) is 9.37 Å². The van der Waals surface area contributed by atoms with Gasteiger partial charge in [0.15, 0.2) is 5.13 Å². The first kappa shape index (κ1) is 13.7. The van der Waals surface area contributed by atoms with Gasteiger partial charge in [0.05, 0.1) is 10.2 Å². The van der Waals surface area contributed by atoms with E-state index in [1.54, 1.807) is 12.1 Å². The number of aromatic nitrogens is 1. The lowest BCUT2D eigenvalue weighted by Crippen LogP contribution is -2.12. The molecule has 0 aliphatic carbocycles. The summed E-state index contributed by atoms with van der Waals surface area (Å²) < 4.78 is 13.8. The van der Waals surface area contributed by atoms with Gasteiger partial charge in [0.1, 0.15) is 5.82 Å². The number of rotatable bonds is 4. The number of halogens is 1. The summed E-state index contributed by atoms with van der Waals surface area (Å²) in [5, 5.41) is 3.42. The number of para-hydroxylation sites is 1. The maximum Gasteiger partial charge on any atom is 0.226 e. The molecule has 1 N–H and O–H groups in total. The summed E-state index contributed by atoms with van der Waals surface area (Å²) in [6, 6.07) is 14.0. The molecule has 21 heavy (non-hydrogen) atoms. The Morgan fingerprint density at radius 3 is 2.67 bits per heavy atom. The fourth-order valence-electron chi connectivity index (χ4n) is 2.02. The molecule has 0 saturated carbocycles. The second-order valence-electron chi connectivity index (χ2n) is 4.66. The number of carbonyl (C=O) groups is 1. The van der Waals surface area contributed by atoms with Crippen LogP contribution in [-0.2, 0) is 11.2 Å². The molecule has 1 amide bonds. The van der Waals surface area contributed by atoms with Gasteiger partial charge in [-0.3, -0.25) is 4.79 Å². The van der Waals surface area contributed by atoms with E-state index in [4.69, 9.17) is 0 Å². The zero-order chi connectivity index (χ0) is 14.7. The van der Waals surface area contributed by atoms with Crippen LogP contribution in [0.2, 0.25) is 0 Å². The van der Waals surface area contributed by atoms with Crippen molar-refractivity contribution in [2.75, 3.05) is 5.32 Å². The van der Waals surface area contributed by atoms with Crippen molar-refractivity contribution < 1.29 is 9.18 Å². The van der Waals surface area contributed by atoms with Crippen LogP contribution in [0, 0.1) is 5.82 Å². The predicted molar refractivity (Wildman–Crippen MR) is 83.0 cm³/mol. The van der Waals surface area contributed by atoms with Gasteiger partial charge in [0.25, 0.3) is 0 Å². The van der Waals surface area contributed by atoms with Crippen molar-refractivity contribution in [3.63, 3.8) is 0 Å². The van der Waals surface area contributed by atoms with Gasteiger partial charge in [-0.2, -0.15) is 0 Å². The van der Waals surface area contributed by atoms with Crippen LogP contribution in [0.3, 0.4) is 0 Å². The van der Waals surface area contributed by atoms with Gasteiger partial charge >= 0.3 is 0 Å². The fraction of sp³-hybridized carbons (Fsp3) is 0.125. The molecule has 0 aliphatic rings. The van der Waals surface area contributed by atoms with E-state index < -0.39 is 0 Å². The molecule has 0 atom stereocenters.